The van der Waals surface area contributed by atoms with Crippen LogP contribution in [0.1, 0.15) is 5.69 Å². The number of nitrogens with zero attached hydrogens (tertiary/aromatic N) is 2. The van der Waals surface area contributed by atoms with E-state index < -0.39 is 29.7 Å². The number of hydrogen-bond acceptors (Lipinski definition) is 7. The summed E-state index contributed by atoms with van der Waals surface area (Å²) in [5.74, 6) is -0.758. The van der Waals surface area contributed by atoms with Crippen LogP contribution in [0.15, 0.2) is 30.5 Å². The van der Waals surface area contributed by atoms with Crippen LogP contribution in [0.3, 0.4) is 0 Å². The Balaban J connectivity index is 1.77. The summed E-state index contributed by atoms with van der Waals surface area (Å²) in [7, 11) is 0. The maximum Gasteiger partial charge on any atom is 0.255 e. The van der Waals surface area contributed by atoms with E-state index in [0.29, 0.717) is 11.3 Å². The van der Waals surface area contributed by atoms with Crippen LogP contribution in [0.5, 0.6) is 5.75 Å². The number of hydrogen-bond donors (Lipinski definition) is 3. The molecule has 1 aliphatic rings. The zero-order valence-corrected chi connectivity index (χ0v) is 13.7. The van der Waals surface area contributed by atoms with Crippen molar-refractivity contribution in [1.82, 2.24) is 9.97 Å². The highest BCUT2D eigenvalue weighted by molar-refractivity contribution is 7.99. The molecule has 0 radical (unpaired) electrons. The van der Waals surface area contributed by atoms with Crippen molar-refractivity contribution in [2.45, 2.75) is 30.7 Å². The molecule has 1 aliphatic heterocycles. The Morgan fingerprint density at radius 3 is 2.62 bits per heavy atom. The second-order valence-electron chi connectivity index (χ2n) is 5.54. The van der Waals surface area contributed by atoms with E-state index in [2.05, 4.69) is 9.97 Å². The number of thioether (sulfide) groups is 1. The van der Waals surface area contributed by atoms with Gasteiger partial charge in [-0.05, 0) is 31.2 Å². The topological polar surface area (TPSA) is 95.7 Å². The Hall–Kier alpha value is -1.74. The molecular formula is C16H17FN2O4S. The summed E-state index contributed by atoms with van der Waals surface area (Å²) in [5.41, 5.74) is 1.06. The number of aryl methyl sites for hydroxylation is 1. The van der Waals surface area contributed by atoms with Gasteiger partial charge in [-0.2, -0.15) is 4.39 Å². The van der Waals surface area contributed by atoms with Crippen molar-refractivity contribution in [2.75, 3.05) is 5.75 Å². The highest BCUT2D eigenvalue weighted by atomic mass is 32.2. The first-order chi connectivity index (χ1) is 11.5. The van der Waals surface area contributed by atoms with Crippen LogP contribution in [-0.4, -0.2) is 54.8 Å². The van der Waals surface area contributed by atoms with Gasteiger partial charge in [0.2, 0.25) is 0 Å². The van der Waals surface area contributed by atoms with Gasteiger partial charge in [0.15, 0.2) is 11.2 Å². The molecule has 128 valence electrons. The summed E-state index contributed by atoms with van der Waals surface area (Å²) in [6.07, 6.45) is -2.08. The molecule has 1 fully saturated rings. The number of halogens is 1. The first-order valence-corrected chi connectivity index (χ1v) is 8.42. The van der Waals surface area contributed by atoms with Gasteiger partial charge in [-0.3, -0.25) is 4.98 Å². The first kappa shape index (κ1) is 17.1. The lowest BCUT2D eigenvalue weighted by atomic mass is 10.1. The highest BCUT2D eigenvalue weighted by Crippen LogP contribution is 2.30. The summed E-state index contributed by atoms with van der Waals surface area (Å²) in [6.45, 7) is 1.85. The Morgan fingerprint density at radius 2 is 1.96 bits per heavy atom. The van der Waals surface area contributed by atoms with Gasteiger partial charge in [-0.25, -0.2) is 4.98 Å². The van der Waals surface area contributed by atoms with Crippen LogP contribution in [-0.2, 0) is 0 Å². The third kappa shape index (κ3) is 3.51. The molecule has 0 aliphatic carbocycles. The van der Waals surface area contributed by atoms with Gasteiger partial charge < -0.3 is 20.1 Å². The number of pyridine rings is 2. The van der Waals surface area contributed by atoms with E-state index in [1.807, 2.05) is 6.92 Å². The molecule has 4 atom stereocenters. The van der Waals surface area contributed by atoms with Crippen LogP contribution < -0.4 is 4.74 Å². The van der Waals surface area contributed by atoms with Crippen molar-refractivity contribution in [1.29, 1.82) is 0 Å². The monoisotopic (exact) mass is 352 g/mol. The molecule has 3 N–H and O–H groups in total. The molecule has 3 rings (SSSR count). The molecule has 0 unspecified atom stereocenters. The minimum Gasteiger partial charge on any atom is -0.472 e. The van der Waals surface area contributed by atoms with E-state index in [-0.39, 0.29) is 11.5 Å². The number of aliphatic hydroxyl groups is 3. The average molecular weight is 352 g/mol. The Labute approximate surface area is 142 Å². The minimum atomic E-state index is -1.33. The SMILES string of the molecule is Cc1ccc(-c2ccc(O[C@@H]3SC[C@@H](O)[C@H](O)[C@H]3O)c(F)n2)cn1. The lowest BCUT2D eigenvalue weighted by Crippen LogP contribution is -2.50. The Morgan fingerprint density at radius 1 is 1.17 bits per heavy atom. The van der Waals surface area contributed by atoms with Gasteiger partial charge in [0.25, 0.3) is 5.95 Å². The van der Waals surface area contributed by atoms with Gasteiger partial charge in [-0.1, -0.05) is 0 Å². The molecule has 24 heavy (non-hydrogen) atoms. The van der Waals surface area contributed by atoms with Gasteiger partial charge in [-0.15, -0.1) is 11.8 Å². The lowest BCUT2D eigenvalue weighted by molar-refractivity contribution is -0.0790. The number of aromatic nitrogens is 2. The van der Waals surface area contributed by atoms with Crippen LogP contribution in [0.4, 0.5) is 4.39 Å². The first-order valence-electron chi connectivity index (χ1n) is 7.38. The van der Waals surface area contributed by atoms with Gasteiger partial charge in [0, 0.05) is 23.2 Å². The molecule has 2 aromatic heterocycles. The second kappa shape index (κ2) is 7.02. The maximum atomic E-state index is 14.2. The van der Waals surface area contributed by atoms with Crippen LogP contribution in [0.2, 0.25) is 0 Å². The van der Waals surface area contributed by atoms with E-state index in [4.69, 9.17) is 4.74 Å². The molecule has 8 heteroatoms. The quantitative estimate of drug-likeness (QED) is 0.713. The Bertz CT molecular complexity index is 716. The van der Waals surface area contributed by atoms with E-state index in [1.165, 1.54) is 6.07 Å². The molecule has 1 saturated heterocycles. The van der Waals surface area contributed by atoms with Crippen LogP contribution >= 0.6 is 11.8 Å². The van der Waals surface area contributed by atoms with Crippen molar-refractivity contribution in [3.63, 3.8) is 0 Å². The standard InChI is InChI=1S/C16H17FN2O4S/c1-8-2-3-9(6-18-8)10-4-5-12(15(17)19-10)23-16-14(22)13(21)11(20)7-24-16/h2-6,11,13-14,16,20-22H,7H2,1H3/t11-,13+,14-,16-/m1/s1. The summed E-state index contributed by atoms with van der Waals surface area (Å²) < 4.78 is 19.6. The molecule has 0 aromatic carbocycles. The predicted molar refractivity (Wildman–Crippen MR) is 87.1 cm³/mol. The van der Waals surface area contributed by atoms with E-state index in [1.54, 1.807) is 24.4 Å². The molecule has 6 nitrogen and oxygen atoms in total. The Kier molecular flexibility index (Phi) is 5.00. The normalized spacial score (nSPS) is 27.0. The van der Waals surface area contributed by atoms with Crippen LogP contribution in [0, 0.1) is 12.9 Å². The average Bonchev–Trinajstić information content (AvgIpc) is 2.57. The van der Waals surface area contributed by atoms with Crippen molar-refractivity contribution < 1.29 is 24.4 Å². The fourth-order valence-corrected chi connectivity index (χ4v) is 3.41. The molecule has 0 spiro atoms. The minimum absolute atomic E-state index is 0.126. The van der Waals surface area contributed by atoms with E-state index in [0.717, 1.165) is 17.5 Å². The maximum absolute atomic E-state index is 14.2. The summed E-state index contributed by atoms with van der Waals surface area (Å²) >= 11 is 1.10. The van der Waals surface area contributed by atoms with Crippen molar-refractivity contribution >= 4 is 11.8 Å². The van der Waals surface area contributed by atoms with Crippen molar-refractivity contribution in [3.8, 4) is 17.0 Å². The third-order valence-corrected chi connectivity index (χ3v) is 4.96. The number of rotatable bonds is 3. The summed E-state index contributed by atoms with van der Waals surface area (Å²) in [6, 6.07) is 6.61. The third-order valence-electron chi connectivity index (χ3n) is 3.72. The van der Waals surface area contributed by atoms with Crippen molar-refractivity contribution in [3.05, 3.63) is 42.1 Å². The van der Waals surface area contributed by atoms with Crippen LogP contribution in [0.25, 0.3) is 11.3 Å². The molecule has 0 bridgehead atoms. The zero-order valence-electron chi connectivity index (χ0n) is 12.8. The summed E-state index contributed by atoms with van der Waals surface area (Å²) in [5, 5.41) is 29.1. The fraction of sp³-hybridized carbons (Fsp3) is 0.375. The fourth-order valence-electron chi connectivity index (χ4n) is 2.30. The van der Waals surface area contributed by atoms with E-state index in [9.17, 15) is 19.7 Å². The molecule has 3 heterocycles. The van der Waals surface area contributed by atoms with Crippen molar-refractivity contribution in [2.24, 2.45) is 0 Å². The molecule has 0 amide bonds. The number of ether oxygens (including phenoxy) is 1. The van der Waals surface area contributed by atoms with Gasteiger partial charge in [0.05, 0.1) is 11.8 Å². The second-order valence-corrected chi connectivity index (χ2v) is 6.67. The zero-order chi connectivity index (χ0) is 17.3. The number of aliphatic hydroxyl groups excluding tert-OH is 3. The summed E-state index contributed by atoms with van der Waals surface area (Å²) in [4.78, 5) is 8.01. The smallest absolute Gasteiger partial charge is 0.255 e. The van der Waals surface area contributed by atoms with Gasteiger partial charge >= 0.3 is 0 Å². The highest BCUT2D eigenvalue weighted by Gasteiger charge is 2.38. The molecule has 2 aromatic rings. The lowest BCUT2D eigenvalue weighted by Gasteiger charge is -2.34. The van der Waals surface area contributed by atoms with E-state index >= 15 is 0 Å². The largest absolute Gasteiger partial charge is 0.472 e. The van der Waals surface area contributed by atoms with Gasteiger partial charge in [0.1, 0.15) is 12.2 Å². The molecular weight excluding hydrogens is 335 g/mol. The molecule has 0 saturated carbocycles. The predicted octanol–water partition coefficient (Wildman–Crippen LogP) is 1.13.